The Labute approximate surface area is 89.6 Å². The summed E-state index contributed by atoms with van der Waals surface area (Å²) in [6, 6.07) is 0. The van der Waals surface area contributed by atoms with Gasteiger partial charge in [0.1, 0.15) is 0 Å². The SMILES string of the molecule is O=C1C[C@@H](CC2CCNC2)C(Cl)CN1. The molecule has 2 saturated heterocycles. The van der Waals surface area contributed by atoms with Gasteiger partial charge in [-0.05, 0) is 37.8 Å². The summed E-state index contributed by atoms with van der Waals surface area (Å²) in [5.74, 6) is 1.28. The van der Waals surface area contributed by atoms with Gasteiger partial charge in [-0.1, -0.05) is 0 Å². The lowest BCUT2D eigenvalue weighted by Crippen LogP contribution is -2.42. The number of amides is 1. The molecule has 2 N–H and O–H groups in total. The number of piperidine rings is 1. The first-order chi connectivity index (χ1) is 6.75. The average Bonchev–Trinajstić information content (AvgIpc) is 2.64. The Balaban J connectivity index is 1.84. The maximum atomic E-state index is 11.2. The van der Waals surface area contributed by atoms with E-state index in [4.69, 9.17) is 11.6 Å². The summed E-state index contributed by atoms with van der Waals surface area (Å²) in [4.78, 5) is 11.2. The summed E-state index contributed by atoms with van der Waals surface area (Å²) >= 11 is 6.19. The van der Waals surface area contributed by atoms with E-state index in [0.29, 0.717) is 18.9 Å². The molecule has 4 heteroatoms. The van der Waals surface area contributed by atoms with Crippen LogP contribution < -0.4 is 10.6 Å². The van der Waals surface area contributed by atoms with E-state index >= 15 is 0 Å². The third-order valence-electron chi connectivity index (χ3n) is 3.25. The summed E-state index contributed by atoms with van der Waals surface area (Å²) in [5, 5.41) is 6.28. The Kier molecular flexibility index (Phi) is 3.29. The molecule has 2 fully saturated rings. The fourth-order valence-electron chi connectivity index (χ4n) is 2.39. The van der Waals surface area contributed by atoms with Gasteiger partial charge in [-0.25, -0.2) is 0 Å². The number of rotatable bonds is 2. The van der Waals surface area contributed by atoms with Crippen molar-refractivity contribution in [2.75, 3.05) is 19.6 Å². The highest BCUT2D eigenvalue weighted by Crippen LogP contribution is 2.28. The van der Waals surface area contributed by atoms with Gasteiger partial charge in [0.2, 0.25) is 5.91 Å². The molecule has 0 aliphatic carbocycles. The van der Waals surface area contributed by atoms with E-state index in [1.54, 1.807) is 0 Å². The molecule has 2 aliphatic heterocycles. The molecule has 0 radical (unpaired) electrons. The van der Waals surface area contributed by atoms with Crippen LogP contribution in [0.1, 0.15) is 19.3 Å². The Morgan fingerprint density at radius 2 is 2.29 bits per heavy atom. The van der Waals surface area contributed by atoms with Crippen LogP contribution in [0.5, 0.6) is 0 Å². The van der Waals surface area contributed by atoms with Crippen LogP contribution in [-0.4, -0.2) is 30.9 Å². The maximum Gasteiger partial charge on any atom is 0.220 e. The average molecular weight is 217 g/mol. The van der Waals surface area contributed by atoms with Gasteiger partial charge >= 0.3 is 0 Å². The maximum absolute atomic E-state index is 11.2. The Morgan fingerprint density at radius 1 is 1.43 bits per heavy atom. The van der Waals surface area contributed by atoms with Crippen molar-refractivity contribution in [1.29, 1.82) is 0 Å². The van der Waals surface area contributed by atoms with Crippen molar-refractivity contribution in [2.45, 2.75) is 24.6 Å². The van der Waals surface area contributed by atoms with Crippen LogP contribution in [0.25, 0.3) is 0 Å². The van der Waals surface area contributed by atoms with E-state index < -0.39 is 0 Å². The van der Waals surface area contributed by atoms with E-state index in [1.165, 1.54) is 6.42 Å². The number of carbonyl (C=O) groups is 1. The molecule has 2 rings (SSSR count). The molecule has 14 heavy (non-hydrogen) atoms. The second kappa shape index (κ2) is 4.49. The molecule has 2 aliphatic rings. The van der Waals surface area contributed by atoms with Crippen LogP contribution in [0.3, 0.4) is 0 Å². The summed E-state index contributed by atoms with van der Waals surface area (Å²) in [5.41, 5.74) is 0. The lowest BCUT2D eigenvalue weighted by Gasteiger charge is -2.28. The normalized spacial score (nSPS) is 38.4. The van der Waals surface area contributed by atoms with Gasteiger partial charge in [-0.15, -0.1) is 11.6 Å². The largest absolute Gasteiger partial charge is 0.355 e. The molecule has 0 saturated carbocycles. The van der Waals surface area contributed by atoms with Crippen LogP contribution in [0, 0.1) is 11.8 Å². The minimum atomic E-state index is 0.133. The molecule has 0 spiro atoms. The zero-order chi connectivity index (χ0) is 9.97. The van der Waals surface area contributed by atoms with Gasteiger partial charge in [0.05, 0.1) is 5.38 Å². The van der Waals surface area contributed by atoms with Crippen molar-refractivity contribution in [1.82, 2.24) is 10.6 Å². The summed E-state index contributed by atoms with van der Waals surface area (Å²) < 4.78 is 0. The second-order valence-corrected chi connectivity index (χ2v) is 4.94. The number of halogens is 1. The van der Waals surface area contributed by atoms with Crippen LogP contribution in [0.4, 0.5) is 0 Å². The molecule has 0 aromatic heterocycles. The predicted octanol–water partition coefficient (Wildman–Crippen LogP) is 0.729. The molecule has 2 heterocycles. The molecule has 3 nitrogen and oxygen atoms in total. The van der Waals surface area contributed by atoms with Gasteiger partial charge in [0.15, 0.2) is 0 Å². The number of alkyl halides is 1. The zero-order valence-corrected chi connectivity index (χ0v) is 9.02. The standard InChI is InChI=1S/C10H17ClN2O/c11-9-6-13-10(14)4-8(9)3-7-1-2-12-5-7/h7-9,12H,1-6H2,(H,13,14)/t7?,8-,9?/m1/s1. The smallest absolute Gasteiger partial charge is 0.220 e. The third-order valence-corrected chi connectivity index (χ3v) is 3.76. The minimum Gasteiger partial charge on any atom is -0.355 e. The highest BCUT2D eigenvalue weighted by molar-refractivity contribution is 6.21. The van der Waals surface area contributed by atoms with E-state index in [0.717, 1.165) is 25.4 Å². The molecule has 80 valence electrons. The Hall–Kier alpha value is -0.280. The van der Waals surface area contributed by atoms with Crippen molar-refractivity contribution in [2.24, 2.45) is 11.8 Å². The van der Waals surface area contributed by atoms with Crippen molar-refractivity contribution in [3.8, 4) is 0 Å². The van der Waals surface area contributed by atoms with Gasteiger partial charge in [-0.3, -0.25) is 4.79 Å². The fourth-order valence-corrected chi connectivity index (χ4v) is 2.66. The minimum absolute atomic E-state index is 0.133. The predicted molar refractivity (Wildman–Crippen MR) is 56.4 cm³/mol. The van der Waals surface area contributed by atoms with Gasteiger partial charge in [-0.2, -0.15) is 0 Å². The highest BCUT2D eigenvalue weighted by atomic mass is 35.5. The van der Waals surface area contributed by atoms with Crippen molar-refractivity contribution in [3.63, 3.8) is 0 Å². The van der Waals surface area contributed by atoms with Crippen LogP contribution in [-0.2, 0) is 4.79 Å². The first-order valence-corrected chi connectivity index (χ1v) is 5.81. The Morgan fingerprint density at radius 3 is 3.00 bits per heavy atom. The highest BCUT2D eigenvalue weighted by Gasteiger charge is 2.30. The monoisotopic (exact) mass is 216 g/mol. The number of hydrogen-bond acceptors (Lipinski definition) is 2. The quantitative estimate of drug-likeness (QED) is 0.669. The number of carbonyl (C=O) groups excluding carboxylic acids is 1. The summed E-state index contributed by atoms with van der Waals surface area (Å²) in [6.45, 7) is 2.86. The third kappa shape index (κ3) is 2.39. The van der Waals surface area contributed by atoms with E-state index in [2.05, 4.69) is 10.6 Å². The lowest BCUT2D eigenvalue weighted by atomic mass is 9.87. The van der Waals surface area contributed by atoms with Gasteiger partial charge in [0, 0.05) is 13.0 Å². The van der Waals surface area contributed by atoms with Gasteiger partial charge < -0.3 is 10.6 Å². The molecule has 2 unspecified atom stereocenters. The zero-order valence-electron chi connectivity index (χ0n) is 8.26. The van der Waals surface area contributed by atoms with Crippen LogP contribution in [0.15, 0.2) is 0 Å². The van der Waals surface area contributed by atoms with Gasteiger partial charge in [0.25, 0.3) is 0 Å². The van der Waals surface area contributed by atoms with E-state index in [-0.39, 0.29) is 11.3 Å². The summed E-state index contributed by atoms with van der Waals surface area (Å²) in [7, 11) is 0. The topological polar surface area (TPSA) is 41.1 Å². The number of nitrogens with one attached hydrogen (secondary N) is 2. The van der Waals surface area contributed by atoms with Crippen molar-refractivity contribution in [3.05, 3.63) is 0 Å². The Bertz CT molecular complexity index is 216. The fraction of sp³-hybridized carbons (Fsp3) is 0.900. The lowest BCUT2D eigenvalue weighted by molar-refractivity contribution is -0.123. The first kappa shape index (κ1) is 10.2. The van der Waals surface area contributed by atoms with Crippen molar-refractivity contribution >= 4 is 17.5 Å². The molecule has 0 aromatic rings. The van der Waals surface area contributed by atoms with E-state index in [1.807, 2.05) is 0 Å². The van der Waals surface area contributed by atoms with E-state index in [9.17, 15) is 4.79 Å². The molecule has 1 amide bonds. The van der Waals surface area contributed by atoms with Crippen LogP contribution in [0.2, 0.25) is 0 Å². The molecule has 3 atom stereocenters. The number of hydrogen-bond donors (Lipinski definition) is 2. The molecular formula is C10H17ClN2O. The molecular weight excluding hydrogens is 200 g/mol. The second-order valence-electron chi connectivity index (χ2n) is 4.38. The molecule has 0 bridgehead atoms. The first-order valence-electron chi connectivity index (χ1n) is 5.37. The van der Waals surface area contributed by atoms with Crippen LogP contribution >= 0.6 is 11.6 Å². The summed E-state index contributed by atoms with van der Waals surface area (Å²) in [6.07, 6.45) is 2.96. The van der Waals surface area contributed by atoms with Crippen molar-refractivity contribution < 1.29 is 4.79 Å². The molecule has 0 aromatic carbocycles.